The molecule has 0 unspecified atom stereocenters. The van der Waals surface area contributed by atoms with Crippen molar-refractivity contribution >= 4 is 70.9 Å². The molecule has 0 radical (unpaired) electrons. The third-order valence-electron chi connectivity index (χ3n) is 8.95. The van der Waals surface area contributed by atoms with E-state index in [1.165, 1.54) is 49.0 Å². The second kappa shape index (κ2) is 8.30. The minimum atomic E-state index is 0.934. The second-order valence-electron chi connectivity index (χ2n) is 11.1. The highest BCUT2D eigenvalue weighted by atomic mass is 15.0. The van der Waals surface area contributed by atoms with Gasteiger partial charge < -0.3 is 9.13 Å². The number of imidazole rings is 1. The van der Waals surface area contributed by atoms with Crippen LogP contribution in [0.3, 0.4) is 0 Å². The number of aromatic nitrogens is 5. The van der Waals surface area contributed by atoms with Crippen LogP contribution in [0.5, 0.6) is 0 Å². The lowest BCUT2D eigenvalue weighted by Crippen LogP contribution is -1.99. The molecule has 5 aromatic heterocycles. The van der Waals surface area contributed by atoms with E-state index in [0.29, 0.717) is 0 Å². The highest BCUT2D eigenvalue weighted by molar-refractivity contribution is 6.41. The first-order valence-corrected chi connectivity index (χ1v) is 14.5. The Morgan fingerprint density at radius 1 is 0.442 bits per heavy atom. The molecule has 0 saturated carbocycles. The Hall–Kier alpha value is -5.94. The molecule has 5 heterocycles. The predicted molar refractivity (Wildman–Crippen MR) is 177 cm³/mol. The molecular weight excluding hydrogens is 526 g/mol. The Morgan fingerprint density at radius 3 is 1.60 bits per heavy atom. The van der Waals surface area contributed by atoms with Gasteiger partial charge in [-0.2, -0.15) is 0 Å². The average Bonchev–Trinajstić information content (AvgIpc) is 3.78. The van der Waals surface area contributed by atoms with Crippen LogP contribution in [-0.4, -0.2) is 23.5 Å². The van der Waals surface area contributed by atoms with Crippen molar-refractivity contribution in [2.45, 2.75) is 0 Å². The van der Waals surface area contributed by atoms with Crippen LogP contribution in [-0.2, 0) is 0 Å². The maximum atomic E-state index is 5.02. The van der Waals surface area contributed by atoms with Gasteiger partial charge in [-0.25, -0.2) is 4.98 Å². The normalized spacial score (nSPS) is 12.2. The molecule has 0 aliphatic rings. The summed E-state index contributed by atoms with van der Waals surface area (Å²) in [5.41, 5.74) is 8.96. The molecule has 10 rings (SSSR count). The first-order valence-electron chi connectivity index (χ1n) is 14.5. The standard InChI is InChI=1S/C38H23N5/c1-3-11-24(12-4-1)42-29-17-9-7-15-26(29)32-35-33(28-19-20-39-23-31(28)41-22-21-40-38(35)41)37-34(36(32)42)27-16-8-10-18-30(27)43(37)25-13-5-2-6-14-25/h1-23H. The summed E-state index contributed by atoms with van der Waals surface area (Å²) in [5, 5.41) is 8.37. The molecule has 10 aromatic rings. The minimum absolute atomic E-state index is 0.934. The monoisotopic (exact) mass is 549 g/mol. The van der Waals surface area contributed by atoms with E-state index >= 15 is 0 Å². The van der Waals surface area contributed by atoms with Crippen molar-refractivity contribution in [3.63, 3.8) is 0 Å². The Morgan fingerprint density at radius 2 is 0.977 bits per heavy atom. The van der Waals surface area contributed by atoms with Crippen LogP contribution in [0.15, 0.2) is 140 Å². The van der Waals surface area contributed by atoms with Gasteiger partial charge in [0.15, 0.2) is 0 Å². The maximum Gasteiger partial charge on any atom is 0.145 e. The average molecular weight is 550 g/mol. The van der Waals surface area contributed by atoms with Crippen LogP contribution in [0, 0.1) is 0 Å². The quantitative estimate of drug-likeness (QED) is 0.202. The number of rotatable bonds is 2. The molecule has 0 atom stereocenters. The summed E-state index contributed by atoms with van der Waals surface area (Å²) in [6, 6.07) is 41.2. The van der Waals surface area contributed by atoms with Crippen molar-refractivity contribution in [1.29, 1.82) is 0 Å². The lowest BCUT2D eigenvalue weighted by atomic mass is 9.97. The SMILES string of the molecule is c1ccc(-n2c3ccccc3c3c4c(c5ccncc5n5ccnc45)c4c(c5ccccc5n4-c4ccccc4)c32)cc1. The third-order valence-corrected chi connectivity index (χ3v) is 8.95. The van der Waals surface area contributed by atoms with E-state index in [0.717, 1.165) is 33.3 Å². The number of hydrogen-bond donors (Lipinski definition) is 0. The van der Waals surface area contributed by atoms with Gasteiger partial charge in [-0.05, 0) is 42.5 Å². The smallest absolute Gasteiger partial charge is 0.145 e. The topological polar surface area (TPSA) is 40.1 Å². The Labute approximate surface area is 245 Å². The molecule has 0 amide bonds. The lowest BCUT2D eigenvalue weighted by molar-refractivity contribution is 1.18. The predicted octanol–water partition coefficient (Wildman–Crippen LogP) is 9.23. The molecule has 0 N–H and O–H groups in total. The van der Waals surface area contributed by atoms with Gasteiger partial charge in [0.2, 0.25) is 0 Å². The molecule has 200 valence electrons. The molecule has 5 nitrogen and oxygen atoms in total. The number of benzene rings is 5. The van der Waals surface area contributed by atoms with Gasteiger partial charge in [0.25, 0.3) is 0 Å². The van der Waals surface area contributed by atoms with Gasteiger partial charge in [0.1, 0.15) is 5.65 Å². The largest absolute Gasteiger partial charge is 0.309 e. The van der Waals surface area contributed by atoms with E-state index in [1.54, 1.807) is 0 Å². The van der Waals surface area contributed by atoms with Crippen molar-refractivity contribution in [3.8, 4) is 11.4 Å². The highest BCUT2D eigenvalue weighted by Crippen LogP contribution is 2.49. The van der Waals surface area contributed by atoms with Crippen LogP contribution >= 0.6 is 0 Å². The van der Waals surface area contributed by atoms with Crippen LogP contribution in [0.1, 0.15) is 0 Å². The molecule has 43 heavy (non-hydrogen) atoms. The van der Waals surface area contributed by atoms with E-state index in [-0.39, 0.29) is 0 Å². The molecular formula is C38H23N5. The zero-order valence-electron chi connectivity index (χ0n) is 23.0. The van der Waals surface area contributed by atoms with Crippen molar-refractivity contribution in [2.75, 3.05) is 0 Å². The highest BCUT2D eigenvalue weighted by Gasteiger charge is 2.27. The molecule has 0 aliphatic carbocycles. The van der Waals surface area contributed by atoms with Gasteiger partial charge >= 0.3 is 0 Å². The Kier molecular flexibility index (Phi) is 4.39. The number of fused-ring (bicyclic) bond motifs is 15. The first kappa shape index (κ1) is 22.7. The Bertz CT molecular complexity index is 2710. The van der Waals surface area contributed by atoms with Crippen molar-refractivity contribution < 1.29 is 0 Å². The van der Waals surface area contributed by atoms with Crippen molar-refractivity contribution in [1.82, 2.24) is 23.5 Å². The van der Waals surface area contributed by atoms with Gasteiger partial charge in [-0.15, -0.1) is 0 Å². The summed E-state index contributed by atoms with van der Waals surface area (Å²) >= 11 is 0. The molecule has 0 spiro atoms. The van der Waals surface area contributed by atoms with Crippen LogP contribution < -0.4 is 0 Å². The molecule has 5 aromatic carbocycles. The molecule has 5 heteroatoms. The maximum absolute atomic E-state index is 5.02. The van der Waals surface area contributed by atoms with Crippen LogP contribution in [0.25, 0.3) is 82.3 Å². The van der Waals surface area contributed by atoms with Crippen molar-refractivity contribution in [3.05, 3.63) is 140 Å². The van der Waals surface area contributed by atoms with E-state index in [1.807, 2.05) is 18.6 Å². The number of hydrogen-bond acceptors (Lipinski definition) is 2. The summed E-state index contributed by atoms with van der Waals surface area (Å²) in [6.07, 6.45) is 7.82. The summed E-state index contributed by atoms with van der Waals surface area (Å²) in [4.78, 5) is 9.57. The summed E-state index contributed by atoms with van der Waals surface area (Å²) in [5.74, 6) is 0. The number of para-hydroxylation sites is 4. The fourth-order valence-electron chi connectivity index (χ4n) is 7.34. The zero-order valence-corrected chi connectivity index (χ0v) is 23.0. The molecule has 0 saturated heterocycles. The fraction of sp³-hybridized carbons (Fsp3) is 0. The van der Waals surface area contributed by atoms with Gasteiger partial charge in [-0.1, -0.05) is 72.8 Å². The first-order chi connectivity index (χ1) is 21.4. The lowest BCUT2D eigenvalue weighted by Gasteiger charge is -2.15. The number of pyridine rings is 2. The molecule has 0 aliphatic heterocycles. The summed E-state index contributed by atoms with van der Waals surface area (Å²) in [6.45, 7) is 0. The number of nitrogens with zero attached hydrogens (tertiary/aromatic N) is 5. The van der Waals surface area contributed by atoms with Crippen LogP contribution in [0.4, 0.5) is 0 Å². The summed E-state index contributed by atoms with van der Waals surface area (Å²) < 4.78 is 7.09. The van der Waals surface area contributed by atoms with Crippen LogP contribution in [0.2, 0.25) is 0 Å². The third kappa shape index (κ3) is 2.85. The van der Waals surface area contributed by atoms with Gasteiger partial charge in [-0.3, -0.25) is 9.38 Å². The van der Waals surface area contributed by atoms with Crippen molar-refractivity contribution in [2.24, 2.45) is 0 Å². The second-order valence-corrected chi connectivity index (χ2v) is 11.1. The van der Waals surface area contributed by atoms with E-state index in [9.17, 15) is 0 Å². The van der Waals surface area contributed by atoms with Gasteiger partial charge in [0.05, 0.1) is 33.8 Å². The van der Waals surface area contributed by atoms with Gasteiger partial charge in [0, 0.05) is 67.7 Å². The molecule has 0 fully saturated rings. The Balaban J connectivity index is 1.66. The van der Waals surface area contributed by atoms with E-state index < -0.39 is 0 Å². The summed E-state index contributed by atoms with van der Waals surface area (Å²) in [7, 11) is 0. The zero-order chi connectivity index (χ0) is 28.1. The van der Waals surface area contributed by atoms with E-state index in [2.05, 4.69) is 140 Å². The van der Waals surface area contributed by atoms with E-state index in [4.69, 9.17) is 4.98 Å². The minimum Gasteiger partial charge on any atom is -0.309 e. The molecule has 0 bridgehead atoms. The fourth-order valence-corrected chi connectivity index (χ4v) is 7.34.